The molecule has 7 nitrogen and oxygen atoms in total. The van der Waals surface area contributed by atoms with E-state index in [2.05, 4.69) is 5.32 Å². The predicted molar refractivity (Wildman–Crippen MR) is 85.0 cm³/mol. The number of fused-ring (bicyclic) bond motifs is 1. The van der Waals surface area contributed by atoms with E-state index in [9.17, 15) is 24.6 Å². The molecule has 3 rings (SSSR count). The summed E-state index contributed by atoms with van der Waals surface area (Å²) in [5, 5.41) is 21.7. The Bertz CT molecular complexity index is 755. The molecule has 0 spiro atoms. The van der Waals surface area contributed by atoms with E-state index in [1.807, 2.05) is 0 Å². The van der Waals surface area contributed by atoms with E-state index in [0.29, 0.717) is 5.02 Å². The molecular formula is C15H14Cl2N2O5. The van der Waals surface area contributed by atoms with Gasteiger partial charge in [0.15, 0.2) is 0 Å². The molecule has 1 aromatic carbocycles. The Kier molecular flexibility index (Phi) is 3.98. The van der Waals surface area contributed by atoms with Crippen LogP contribution in [0.2, 0.25) is 10.0 Å². The highest BCUT2D eigenvalue weighted by Gasteiger charge is 2.74. The summed E-state index contributed by atoms with van der Waals surface area (Å²) in [6.07, 6.45) is -0.0193. The molecule has 0 bridgehead atoms. The normalized spacial score (nSPS) is 33.6. The fourth-order valence-corrected chi connectivity index (χ4v) is 4.02. The van der Waals surface area contributed by atoms with E-state index in [1.54, 1.807) is 0 Å². The number of carboxylic acids is 2. The van der Waals surface area contributed by atoms with Gasteiger partial charge in [-0.25, -0.2) is 0 Å². The van der Waals surface area contributed by atoms with Gasteiger partial charge < -0.3 is 21.3 Å². The summed E-state index contributed by atoms with van der Waals surface area (Å²) >= 11 is 11.7. The van der Waals surface area contributed by atoms with Gasteiger partial charge in [-0.05, 0) is 30.5 Å². The van der Waals surface area contributed by atoms with Crippen molar-refractivity contribution in [2.75, 3.05) is 0 Å². The van der Waals surface area contributed by atoms with Crippen LogP contribution in [0.15, 0.2) is 18.2 Å². The molecule has 1 amide bonds. The van der Waals surface area contributed by atoms with Crippen LogP contribution >= 0.6 is 23.2 Å². The van der Waals surface area contributed by atoms with Gasteiger partial charge in [-0.1, -0.05) is 23.2 Å². The first-order valence-electron chi connectivity index (χ1n) is 7.18. The molecule has 0 heterocycles. The number of rotatable bonds is 4. The number of halogens is 2. The average Bonchev–Trinajstić information content (AvgIpc) is 3.19. The summed E-state index contributed by atoms with van der Waals surface area (Å²) in [6.45, 7) is 0. The summed E-state index contributed by atoms with van der Waals surface area (Å²) in [4.78, 5) is 35.1. The second-order valence-electron chi connectivity index (χ2n) is 6.23. The average molecular weight is 373 g/mol. The van der Waals surface area contributed by atoms with E-state index >= 15 is 0 Å². The zero-order valence-electron chi connectivity index (χ0n) is 12.2. The first kappa shape index (κ1) is 17.0. The molecule has 128 valence electrons. The van der Waals surface area contributed by atoms with Gasteiger partial charge in [0.25, 0.3) is 5.91 Å². The lowest BCUT2D eigenvalue weighted by Crippen LogP contribution is -2.52. The molecule has 2 saturated carbocycles. The van der Waals surface area contributed by atoms with Gasteiger partial charge >= 0.3 is 11.9 Å². The monoisotopic (exact) mass is 372 g/mol. The minimum Gasteiger partial charge on any atom is -0.481 e. The number of aliphatic carboxylic acids is 2. The van der Waals surface area contributed by atoms with Gasteiger partial charge in [-0.15, -0.1) is 0 Å². The van der Waals surface area contributed by atoms with Crippen molar-refractivity contribution in [3.05, 3.63) is 33.8 Å². The van der Waals surface area contributed by atoms with Crippen molar-refractivity contribution in [2.45, 2.75) is 18.0 Å². The maximum atomic E-state index is 12.3. The van der Waals surface area contributed by atoms with Crippen molar-refractivity contribution in [1.29, 1.82) is 0 Å². The minimum atomic E-state index is -1.65. The largest absolute Gasteiger partial charge is 0.481 e. The fourth-order valence-electron chi connectivity index (χ4n) is 3.72. The lowest BCUT2D eigenvalue weighted by atomic mass is 9.90. The van der Waals surface area contributed by atoms with Crippen molar-refractivity contribution in [3.8, 4) is 0 Å². The first-order chi connectivity index (χ1) is 11.2. The number of hydrogen-bond donors (Lipinski definition) is 4. The third kappa shape index (κ3) is 2.53. The van der Waals surface area contributed by atoms with E-state index in [1.165, 1.54) is 18.2 Å². The standard InChI is InChI=1S/C15H14Cl2N2O5/c16-6-2-1-5(3-7(6)17)12(20)19-8-4-15(18,14(23)24)11-9(8)10(11)13(21)22/h1-3,8-11H,4,18H2,(H,19,20)(H,21,22)(H,23,24)/t8-,9?,10-,11-,15-/m0/s1. The Morgan fingerprint density at radius 1 is 1.21 bits per heavy atom. The Balaban J connectivity index is 1.80. The number of carbonyl (C=O) groups excluding carboxylic acids is 1. The molecule has 0 aliphatic heterocycles. The number of nitrogens with two attached hydrogens (primary N) is 1. The number of carbonyl (C=O) groups is 3. The van der Waals surface area contributed by atoms with Crippen molar-refractivity contribution in [3.63, 3.8) is 0 Å². The van der Waals surface area contributed by atoms with Gasteiger partial charge in [0, 0.05) is 17.5 Å². The van der Waals surface area contributed by atoms with Crippen molar-refractivity contribution in [1.82, 2.24) is 5.32 Å². The molecule has 0 radical (unpaired) electrons. The zero-order valence-corrected chi connectivity index (χ0v) is 13.7. The molecule has 0 aromatic heterocycles. The van der Waals surface area contributed by atoms with E-state index in [-0.39, 0.29) is 17.0 Å². The van der Waals surface area contributed by atoms with Crippen LogP contribution in [-0.4, -0.2) is 39.6 Å². The summed E-state index contributed by atoms with van der Waals surface area (Å²) in [6, 6.07) is 3.71. The van der Waals surface area contributed by atoms with Gasteiger partial charge in [0.2, 0.25) is 0 Å². The van der Waals surface area contributed by atoms with E-state index in [0.717, 1.165) is 0 Å². The second kappa shape index (κ2) is 5.61. The molecule has 0 saturated heterocycles. The molecular weight excluding hydrogens is 359 g/mol. The third-order valence-corrected chi connectivity index (χ3v) is 5.61. The van der Waals surface area contributed by atoms with Crippen molar-refractivity contribution >= 4 is 41.0 Å². The number of nitrogens with one attached hydrogen (secondary N) is 1. The molecule has 2 aliphatic carbocycles. The quantitative estimate of drug-likeness (QED) is 0.628. The Labute approximate surface area is 146 Å². The number of hydrogen-bond acceptors (Lipinski definition) is 4. The second-order valence-corrected chi connectivity index (χ2v) is 7.04. The van der Waals surface area contributed by atoms with Crippen LogP contribution in [0.25, 0.3) is 0 Å². The lowest BCUT2D eigenvalue weighted by Gasteiger charge is -2.25. The number of amides is 1. The lowest BCUT2D eigenvalue weighted by molar-refractivity contribution is -0.145. The summed E-state index contributed by atoms with van der Waals surface area (Å²) in [7, 11) is 0. The third-order valence-electron chi connectivity index (χ3n) is 4.87. The highest BCUT2D eigenvalue weighted by molar-refractivity contribution is 6.42. The van der Waals surface area contributed by atoms with Crippen LogP contribution in [0.1, 0.15) is 16.8 Å². The first-order valence-corrected chi connectivity index (χ1v) is 7.93. The smallest absolute Gasteiger partial charge is 0.324 e. The highest BCUT2D eigenvalue weighted by Crippen LogP contribution is 2.61. The molecule has 5 N–H and O–H groups in total. The molecule has 9 heteroatoms. The molecule has 2 fully saturated rings. The van der Waals surface area contributed by atoms with Gasteiger partial charge in [0.05, 0.1) is 16.0 Å². The van der Waals surface area contributed by atoms with Crippen LogP contribution < -0.4 is 11.1 Å². The SMILES string of the molecule is N[C@@]1(C(=O)O)C[C@H](NC(=O)c2ccc(Cl)c(Cl)c2)C2[C@H](C(=O)O)[C@H]21. The van der Waals surface area contributed by atoms with Gasteiger partial charge in [0.1, 0.15) is 5.54 Å². The molecule has 5 atom stereocenters. The summed E-state index contributed by atoms with van der Waals surface area (Å²) in [5.41, 5.74) is 4.51. The Hall–Kier alpha value is -1.83. The van der Waals surface area contributed by atoms with Crippen LogP contribution in [0.5, 0.6) is 0 Å². The molecule has 2 aliphatic rings. The maximum absolute atomic E-state index is 12.3. The van der Waals surface area contributed by atoms with E-state index < -0.39 is 47.2 Å². The highest BCUT2D eigenvalue weighted by atomic mass is 35.5. The van der Waals surface area contributed by atoms with Crippen molar-refractivity contribution < 1.29 is 24.6 Å². The summed E-state index contributed by atoms with van der Waals surface area (Å²) < 4.78 is 0. The molecule has 1 unspecified atom stereocenters. The van der Waals surface area contributed by atoms with Crippen LogP contribution in [0.3, 0.4) is 0 Å². The van der Waals surface area contributed by atoms with Gasteiger partial charge in [-0.2, -0.15) is 0 Å². The van der Waals surface area contributed by atoms with Crippen LogP contribution in [0, 0.1) is 17.8 Å². The predicted octanol–water partition coefficient (Wildman–Crippen LogP) is 1.22. The minimum absolute atomic E-state index is 0.0193. The zero-order chi connectivity index (χ0) is 17.8. The fraction of sp³-hybridized carbons (Fsp3) is 0.400. The number of carboxylic acid groups (broad SMARTS) is 2. The number of benzene rings is 1. The van der Waals surface area contributed by atoms with Gasteiger partial charge in [-0.3, -0.25) is 14.4 Å². The Morgan fingerprint density at radius 2 is 1.88 bits per heavy atom. The molecule has 1 aromatic rings. The maximum Gasteiger partial charge on any atom is 0.324 e. The van der Waals surface area contributed by atoms with Crippen molar-refractivity contribution in [2.24, 2.45) is 23.5 Å². The van der Waals surface area contributed by atoms with Crippen LogP contribution in [-0.2, 0) is 9.59 Å². The topological polar surface area (TPSA) is 130 Å². The van der Waals surface area contributed by atoms with Crippen LogP contribution in [0.4, 0.5) is 0 Å². The summed E-state index contributed by atoms with van der Waals surface area (Å²) in [5.74, 6) is -4.88. The van der Waals surface area contributed by atoms with E-state index in [4.69, 9.17) is 28.9 Å². The Morgan fingerprint density at radius 3 is 2.42 bits per heavy atom. The molecule has 24 heavy (non-hydrogen) atoms.